The van der Waals surface area contributed by atoms with Gasteiger partial charge in [-0.05, 0) is 24.6 Å². The largest absolute Gasteiger partial charge is 0.326 e. The van der Waals surface area contributed by atoms with Gasteiger partial charge in [-0.15, -0.1) is 11.6 Å². The van der Waals surface area contributed by atoms with E-state index in [0.29, 0.717) is 18.7 Å². The third kappa shape index (κ3) is 2.52. The number of amides is 1. The standard InChI is InChI=1S/C11H12ClN3O/c12-5-1-2-11(16)14-9-4-3-8-7-13-15-10(8)6-9/h3-4,6-7H,1-2,5H2,(H,13,15)(H,14,16). The van der Waals surface area contributed by atoms with Crippen LogP contribution in [0.15, 0.2) is 24.4 Å². The van der Waals surface area contributed by atoms with Crippen molar-refractivity contribution < 1.29 is 4.79 Å². The molecule has 0 atom stereocenters. The van der Waals surface area contributed by atoms with Gasteiger partial charge in [0.1, 0.15) is 0 Å². The number of nitrogens with one attached hydrogen (secondary N) is 2. The second-order valence-corrected chi connectivity index (χ2v) is 3.89. The summed E-state index contributed by atoms with van der Waals surface area (Å²) in [7, 11) is 0. The Kier molecular flexibility index (Phi) is 3.41. The van der Waals surface area contributed by atoms with Gasteiger partial charge in [-0.25, -0.2) is 0 Å². The van der Waals surface area contributed by atoms with Crippen LogP contribution in [-0.2, 0) is 4.79 Å². The predicted molar refractivity (Wildman–Crippen MR) is 64.7 cm³/mol. The van der Waals surface area contributed by atoms with Crippen molar-refractivity contribution >= 4 is 34.1 Å². The summed E-state index contributed by atoms with van der Waals surface area (Å²) < 4.78 is 0. The third-order valence-corrected chi connectivity index (χ3v) is 2.53. The van der Waals surface area contributed by atoms with Crippen LogP contribution in [0.25, 0.3) is 10.9 Å². The normalized spacial score (nSPS) is 10.6. The van der Waals surface area contributed by atoms with Crippen molar-refractivity contribution in [1.29, 1.82) is 0 Å². The number of aromatic amines is 1. The highest BCUT2D eigenvalue weighted by Crippen LogP contribution is 2.16. The molecule has 2 N–H and O–H groups in total. The topological polar surface area (TPSA) is 57.8 Å². The van der Waals surface area contributed by atoms with Crippen LogP contribution in [0.3, 0.4) is 0 Å². The molecule has 0 aliphatic carbocycles. The van der Waals surface area contributed by atoms with Crippen molar-refractivity contribution in [2.24, 2.45) is 0 Å². The molecule has 0 aliphatic heterocycles. The van der Waals surface area contributed by atoms with E-state index in [0.717, 1.165) is 16.6 Å². The number of alkyl halides is 1. The Morgan fingerprint density at radius 2 is 2.38 bits per heavy atom. The summed E-state index contributed by atoms with van der Waals surface area (Å²) in [5.41, 5.74) is 1.69. The number of hydrogen-bond acceptors (Lipinski definition) is 2. The fourth-order valence-corrected chi connectivity index (χ4v) is 1.60. The number of halogens is 1. The number of aromatic nitrogens is 2. The number of H-pyrrole nitrogens is 1. The monoisotopic (exact) mass is 237 g/mol. The number of rotatable bonds is 4. The van der Waals surface area contributed by atoms with E-state index < -0.39 is 0 Å². The maximum atomic E-state index is 11.5. The first-order valence-corrected chi connectivity index (χ1v) is 5.62. The van der Waals surface area contributed by atoms with E-state index in [1.54, 1.807) is 6.20 Å². The maximum absolute atomic E-state index is 11.5. The number of hydrogen-bond donors (Lipinski definition) is 2. The van der Waals surface area contributed by atoms with Crippen LogP contribution in [0.1, 0.15) is 12.8 Å². The molecule has 0 bridgehead atoms. The van der Waals surface area contributed by atoms with E-state index in [1.807, 2.05) is 18.2 Å². The highest BCUT2D eigenvalue weighted by atomic mass is 35.5. The molecule has 2 aromatic rings. The molecular weight excluding hydrogens is 226 g/mol. The molecule has 0 fully saturated rings. The number of anilines is 1. The predicted octanol–water partition coefficient (Wildman–Crippen LogP) is 2.52. The quantitative estimate of drug-likeness (QED) is 0.803. The van der Waals surface area contributed by atoms with Gasteiger partial charge < -0.3 is 5.32 Å². The Labute approximate surface area is 98.0 Å². The summed E-state index contributed by atoms with van der Waals surface area (Å²) in [6.45, 7) is 0. The molecule has 84 valence electrons. The summed E-state index contributed by atoms with van der Waals surface area (Å²) in [4.78, 5) is 11.5. The van der Waals surface area contributed by atoms with Crippen LogP contribution in [0.5, 0.6) is 0 Å². The molecule has 1 heterocycles. The van der Waals surface area contributed by atoms with Crippen molar-refractivity contribution in [3.63, 3.8) is 0 Å². The molecule has 16 heavy (non-hydrogen) atoms. The van der Waals surface area contributed by atoms with Crippen molar-refractivity contribution in [2.45, 2.75) is 12.8 Å². The summed E-state index contributed by atoms with van der Waals surface area (Å²) >= 11 is 5.52. The molecule has 2 rings (SSSR count). The zero-order valence-electron chi connectivity index (χ0n) is 8.66. The van der Waals surface area contributed by atoms with Crippen LogP contribution >= 0.6 is 11.6 Å². The lowest BCUT2D eigenvalue weighted by Gasteiger charge is -2.04. The number of fused-ring (bicyclic) bond motifs is 1. The van der Waals surface area contributed by atoms with E-state index in [4.69, 9.17) is 11.6 Å². The van der Waals surface area contributed by atoms with Crippen LogP contribution < -0.4 is 5.32 Å². The Bertz CT molecular complexity index is 495. The van der Waals surface area contributed by atoms with Crippen LogP contribution in [-0.4, -0.2) is 22.0 Å². The van der Waals surface area contributed by atoms with E-state index in [1.165, 1.54) is 0 Å². The molecule has 0 saturated heterocycles. The first kappa shape index (κ1) is 11.0. The summed E-state index contributed by atoms with van der Waals surface area (Å²) in [5.74, 6) is 0.493. The van der Waals surface area contributed by atoms with Crippen molar-refractivity contribution in [3.05, 3.63) is 24.4 Å². The number of carbonyl (C=O) groups excluding carboxylic acids is 1. The summed E-state index contributed by atoms with van der Waals surface area (Å²) in [6, 6.07) is 5.63. The number of nitrogens with zero attached hydrogens (tertiary/aromatic N) is 1. The fraction of sp³-hybridized carbons (Fsp3) is 0.273. The molecule has 1 aromatic carbocycles. The van der Waals surface area contributed by atoms with Gasteiger partial charge in [-0.3, -0.25) is 9.89 Å². The molecule has 0 spiro atoms. The Balaban J connectivity index is 2.06. The fourth-order valence-electron chi connectivity index (χ4n) is 1.47. The van der Waals surface area contributed by atoms with Gasteiger partial charge >= 0.3 is 0 Å². The van der Waals surface area contributed by atoms with E-state index >= 15 is 0 Å². The molecular formula is C11H12ClN3O. The molecule has 0 saturated carbocycles. The van der Waals surface area contributed by atoms with E-state index in [2.05, 4.69) is 15.5 Å². The number of benzene rings is 1. The minimum Gasteiger partial charge on any atom is -0.326 e. The van der Waals surface area contributed by atoms with Gasteiger partial charge in [-0.1, -0.05) is 0 Å². The average Bonchev–Trinajstić information content (AvgIpc) is 2.73. The van der Waals surface area contributed by atoms with Crippen LogP contribution in [0.4, 0.5) is 5.69 Å². The maximum Gasteiger partial charge on any atom is 0.224 e. The molecule has 0 unspecified atom stereocenters. The van der Waals surface area contributed by atoms with Gasteiger partial charge in [0.05, 0.1) is 11.7 Å². The van der Waals surface area contributed by atoms with Gasteiger partial charge in [0, 0.05) is 23.4 Å². The second kappa shape index (κ2) is 4.99. The summed E-state index contributed by atoms with van der Waals surface area (Å²) in [6.07, 6.45) is 2.89. The average molecular weight is 238 g/mol. The number of carbonyl (C=O) groups is 1. The van der Waals surface area contributed by atoms with Crippen LogP contribution in [0.2, 0.25) is 0 Å². The molecule has 1 amide bonds. The minimum atomic E-state index is -0.0143. The first-order chi connectivity index (χ1) is 7.79. The van der Waals surface area contributed by atoms with E-state index in [9.17, 15) is 4.79 Å². The van der Waals surface area contributed by atoms with Gasteiger partial charge in [0.2, 0.25) is 5.91 Å². The van der Waals surface area contributed by atoms with Gasteiger partial charge in [-0.2, -0.15) is 5.10 Å². The van der Waals surface area contributed by atoms with E-state index in [-0.39, 0.29) is 5.91 Å². The SMILES string of the molecule is O=C(CCCCl)Nc1ccc2cn[nH]c2c1. The highest BCUT2D eigenvalue weighted by molar-refractivity contribution is 6.18. The lowest BCUT2D eigenvalue weighted by atomic mass is 10.2. The minimum absolute atomic E-state index is 0.0143. The Morgan fingerprint density at radius 3 is 3.19 bits per heavy atom. The lowest BCUT2D eigenvalue weighted by molar-refractivity contribution is -0.116. The Morgan fingerprint density at radius 1 is 1.50 bits per heavy atom. The lowest BCUT2D eigenvalue weighted by Crippen LogP contribution is -2.11. The zero-order chi connectivity index (χ0) is 11.4. The summed E-state index contributed by atoms with van der Waals surface area (Å²) in [5, 5.41) is 10.6. The molecule has 0 radical (unpaired) electrons. The molecule has 4 nitrogen and oxygen atoms in total. The smallest absolute Gasteiger partial charge is 0.224 e. The second-order valence-electron chi connectivity index (χ2n) is 3.51. The molecule has 0 aliphatic rings. The first-order valence-electron chi connectivity index (χ1n) is 5.08. The van der Waals surface area contributed by atoms with Crippen molar-refractivity contribution in [1.82, 2.24) is 10.2 Å². The molecule has 1 aromatic heterocycles. The zero-order valence-corrected chi connectivity index (χ0v) is 9.42. The molecule has 5 heteroatoms. The van der Waals surface area contributed by atoms with Crippen molar-refractivity contribution in [3.8, 4) is 0 Å². The Hall–Kier alpha value is -1.55. The van der Waals surface area contributed by atoms with Gasteiger partial charge in [0.15, 0.2) is 0 Å². The third-order valence-electron chi connectivity index (χ3n) is 2.26. The van der Waals surface area contributed by atoms with Crippen molar-refractivity contribution in [2.75, 3.05) is 11.2 Å². The highest BCUT2D eigenvalue weighted by Gasteiger charge is 2.03. The van der Waals surface area contributed by atoms with Crippen LogP contribution in [0, 0.1) is 0 Å². The van der Waals surface area contributed by atoms with Gasteiger partial charge in [0.25, 0.3) is 0 Å².